The van der Waals surface area contributed by atoms with Crippen LogP contribution in [0, 0.1) is 6.92 Å². The zero-order valence-corrected chi connectivity index (χ0v) is 14.6. The molecule has 26 heavy (non-hydrogen) atoms. The first kappa shape index (κ1) is 16.8. The molecule has 0 amide bonds. The zero-order chi connectivity index (χ0) is 18.1. The molecule has 134 valence electrons. The third kappa shape index (κ3) is 3.09. The fourth-order valence-corrected chi connectivity index (χ4v) is 3.43. The number of rotatable bonds is 3. The Kier molecular flexibility index (Phi) is 4.44. The highest BCUT2D eigenvalue weighted by Gasteiger charge is 2.33. The fourth-order valence-electron chi connectivity index (χ4n) is 3.43. The van der Waals surface area contributed by atoms with Crippen molar-refractivity contribution in [3.63, 3.8) is 0 Å². The van der Waals surface area contributed by atoms with E-state index in [9.17, 15) is 9.90 Å². The third-order valence-corrected chi connectivity index (χ3v) is 4.81. The van der Waals surface area contributed by atoms with E-state index >= 15 is 0 Å². The molecule has 6 nitrogen and oxygen atoms in total. The number of nitrogens with zero attached hydrogens (tertiary/aromatic N) is 1. The summed E-state index contributed by atoms with van der Waals surface area (Å²) in [6.45, 7) is 5.37. The molecule has 0 atom stereocenters. The van der Waals surface area contributed by atoms with E-state index in [1.807, 2.05) is 6.07 Å². The number of ether oxygens (including phenoxy) is 2. The Labute approximate surface area is 151 Å². The molecule has 4 rings (SSSR count). The molecule has 1 fully saturated rings. The smallest absolute Gasteiger partial charge is 0.232 e. The molecule has 2 aliphatic rings. The third-order valence-electron chi connectivity index (χ3n) is 4.81. The van der Waals surface area contributed by atoms with Crippen LogP contribution in [0.2, 0.25) is 0 Å². The molecule has 6 heteroatoms. The van der Waals surface area contributed by atoms with Gasteiger partial charge in [-0.1, -0.05) is 17.9 Å². The van der Waals surface area contributed by atoms with E-state index in [4.69, 9.17) is 9.47 Å². The Morgan fingerprint density at radius 2 is 2.15 bits per heavy atom. The van der Waals surface area contributed by atoms with E-state index in [-0.39, 0.29) is 17.3 Å². The summed E-state index contributed by atoms with van der Waals surface area (Å²) in [5.74, 6) is 0.407. The Morgan fingerprint density at radius 1 is 1.35 bits per heavy atom. The number of allylic oxidation sites excluding steroid dienone is 1. The van der Waals surface area contributed by atoms with Gasteiger partial charge in [0.1, 0.15) is 25.4 Å². The van der Waals surface area contributed by atoms with Crippen molar-refractivity contribution in [3.05, 3.63) is 58.6 Å². The van der Waals surface area contributed by atoms with E-state index in [0.717, 1.165) is 18.7 Å². The lowest BCUT2D eigenvalue weighted by Gasteiger charge is -2.26. The number of carbonyl (C=O) groups is 1. The van der Waals surface area contributed by atoms with Gasteiger partial charge < -0.3 is 19.5 Å². The maximum absolute atomic E-state index is 12.8. The van der Waals surface area contributed by atoms with Crippen LogP contribution >= 0.6 is 0 Å². The van der Waals surface area contributed by atoms with Crippen molar-refractivity contribution in [1.29, 1.82) is 0 Å². The van der Waals surface area contributed by atoms with E-state index in [1.54, 1.807) is 37.5 Å². The van der Waals surface area contributed by atoms with E-state index in [0.29, 0.717) is 42.2 Å². The average molecular weight is 352 g/mol. The van der Waals surface area contributed by atoms with Gasteiger partial charge >= 0.3 is 0 Å². The summed E-state index contributed by atoms with van der Waals surface area (Å²) < 4.78 is 11.3. The highest BCUT2D eigenvalue weighted by atomic mass is 16.5. The Bertz CT molecular complexity index is 871. The minimum Gasteiger partial charge on any atom is -0.872 e. The van der Waals surface area contributed by atoms with Crippen LogP contribution in [0.5, 0.6) is 11.5 Å². The monoisotopic (exact) mass is 352 g/mol. The predicted molar refractivity (Wildman–Crippen MR) is 93.0 cm³/mol. The maximum atomic E-state index is 12.8. The van der Waals surface area contributed by atoms with Crippen LogP contribution in [0.15, 0.2) is 36.4 Å². The lowest BCUT2D eigenvalue weighted by Crippen LogP contribution is -3.12. The Hall–Kier alpha value is -2.70. The first-order valence-electron chi connectivity index (χ1n) is 8.72. The van der Waals surface area contributed by atoms with Crippen LogP contribution in [-0.4, -0.2) is 37.1 Å². The number of hydrogen-bond donors (Lipinski definition) is 1. The number of Topliss-reactive ketones (excluding diaryl/α,β-unsaturated/α-hetero) is 1. The molecule has 1 aromatic carbocycles. The number of carbonyl (C=O) groups excluding carboxylic acids is 1. The second-order valence-corrected chi connectivity index (χ2v) is 6.64. The van der Waals surface area contributed by atoms with E-state index < -0.39 is 0 Å². The molecular formula is C20H20N2O4. The topological polar surface area (TPSA) is 75.9 Å². The van der Waals surface area contributed by atoms with Gasteiger partial charge in [-0.05, 0) is 30.2 Å². The first-order valence-corrected chi connectivity index (χ1v) is 8.72. The van der Waals surface area contributed by atoms with Gasteiger partial charge in [-0.2, -0.15) is 0 Å². The average Bonchev–Trinajstić information content (AvgIpc) is 2.97. The summed E-state index contributed by atoms with van der Waals surface area (Å²) in [5.41, 5.74) is 2.52. The van der Waals surface area contributed by atoms with Gasteiger partial charge in [-0.15, -0.1) is 0 Å². The summed E-state index contributed by atoms with van der Waals surface area (Å²) >= 11 is 0. The lowest BCUT2D eigenvalue weighted by molar-refractivity contribution is -0.921. The number of morpholine rings is 1. The first-order chi connectivity index (χ1) is 12.6. The van der Waals surface area contributed by atoms with Crippen LogP contribution in [0.25, 0.3) is 6.08 Å². The number of aromatic nitrogens is 1. The van der Waals surface area contributed by atoms with Gasteiger partial charge in [0.15, 0.2) is 5.76 Å². The SMILES string of the molecule is Cc1cc([O-])c(C[NH+]2CCOCC2)c2c1C(=O)C(=Cc1cccnc1)O2. The lowest BCUT2D eigenvalue weighted by atomic mass is 9.99. The summed E-state index contributed by atoms with van der Waals surface area (Å²) in [5, 5.41) is 12.6. The minimum absolute atomic E-state index is 0.0735. The maximum Gasteiger partial charge on any atom is 0.232 e. The number of ketones is 1. The van der Waals surface area contributed by atoms with Crippen molar-refractivity contribution < 1.29 is 24.3 Å². The molecule has 0 aliphatic carbocycles. The molecule has 2 aliphatic heterocycles. The van der Waals surface area contributed by atoms with E-state index in [1.165, 1.54) is 4.90 Å². The van der Waals surface area contributed by atoms with Crippen molar-refractivity contribution in [2.75, 3.05) is 26.3 Å². The largest absolute Gasteiger partial charge is 0.872 e. The summed E-state index contributed by atoms with van der Waals surface area (Å²) in [6.07, 6.45) is 5.01. The Balaban J connectivity index is 1.71. The number of quaternary nitrogens is 1. The highest BCUT2D eigenvalue weighted by Crippen LogP contribution is 2.40. The van der Waals surface area contributed by atoms with Gasteiger partial charge in [-0.3, -0.25) is 9.78 Å². The van der Waals surface area contributed by atoms with Crippen LogP contribution in [0.1, 0.15) is 27.0 Å². The number of hydrogen-bond acceptors (Lipinski definition) is 5. The second kappa shape index (κ2) is 6.90. The summed E-state index contributed by atoms with van der Waals surface area (Å²) in [6, 6.07) is 5.19. The highest BCUT2D eigenvalue weighted by molar-refractivity contribution is 6.15. The predicted octanol–water partition coefficient (Wildman–Crippen LogP) is 0.495. The second-order valence-electron chi connectivity index (χ2n) is 6.64. The van der Waals surface area contributed by atoms with Gasteiger partial charge in [0.05, 0.1) is 18.8 Å². The van der Waals surface area contributed by atoms with Crippen LogP contribution in [0.4, 0.5) is 0 Å². The molecule has 1 N–H and O–H groups in total. The molecule has 0 bridgehead atoms. The number of pyridine rings is 1. The standard InChI is InChI=1S/C20H20N2O4/c1-13-9-16(23)15(12-22-5-7-25-8-6-22)20-18(13)19(24)17(26-20)10-14-3-2-4-21-11-14/h2-4,9-11,23H,5-8,12H2,1H3. The molecule has 0 unspecified atom stereocenters. The van der Waals surface area contributed by atoms with E-state index in [2.05, 4.69) is 4.98 Å². The minimum atomic E-state index is -0.181. The van der Waals surface area contributed by atoms with Gasteiger partial charge in [0.25, 0.3) is 0 Å². The molecular weight excluding hydrogens is 332 g/mol. The molecule has 1 saturated heterocycles. The molecule has 3 heterocycles. The molecule has 0 saturated carbocycles. The quantitative estimate of drug-likeness (QED) is 0.814. The van der Waals surface area contributed by atoms with Crippen LogP contribution in [0.3, 0.4) is 0 Å². The van der Waals surface area contributed by atoms with Crippen molar-refractivity contribution in [3.8, 4) is 11.5 Å². The zero-order valence-electron chi connectivity index (χ0n) is 14.6. The normalized spacial score (nSPS) is 18.8. The molecule has 0 spiro atoms. The number of aryl methyl sites for hydroxylation is 1. The van der Waals surface area contributed by atoms with Gasteiger partial charge in [0.2, 0.25) is 5.78 Å². The Morgan fingerprint density at radius 3 is 2.88 bits per heavy atom. The number of benzene rings is 1. The van der Waals surface area contributed by atoms with Crippen molar-refractivity contribution in [2.45, 2.75) is 13.5 Å². The molecule has 2 aromatic rings. The van der Waals surface area contributed by atoms with Crippen molar-refractivity contribution in [2.24, 2.45) is 0 Å². The van der Waals surface area contributed by atoms with Gasteiger partial charge in [0, 0.05) is 18.0 Å². The fraction of sp³-hybridized carbons (Fsp3) is 0.300. The number of fused-ring (bicyclic) bond motifs is 1. The summed E-state index contributed by atoms with van der Waals surface area (Å²) in [4.78, 5) is 18.2. The van der Waals surface area contributed by atoms with Crippen LogP contribution < -0.4 is 14.7 Å². The van der Waals surface area contributed by atoms with Gasteiger partial charge in [-0.25, -0.2) is 0 Å². The van der Waals surface area contributed by atoms with Crippen molar-refractivity contribution in [1.82, 2.24) is 4.98 Å². The van der Waals surface area contributed by atoms with Crippen LogP contribution in [-0.2, 0) is 11.3 Å². The van der Waals surface area contributed by atoms with Crippen molar-refractivity contribution >= 4 is 11.9 Å². The molecule has 0 radical (unpaired) electrons. The molecule has 1 aromatic heterocycles. The number of nitrogens with one attached hydrogen (secondary N) is 1. The summed E-state index contributed by atoms with van der Waals surface area (Å²) in [7, 11) is 0.